The number of hydrogen-bond donors (Lipinski definition) is 3. The van der Waals surface area contributed by atoms with Gasteiger partial charge in [0.2, 0.25) is 0 Å². The monoisotopic (exact) mass is 362 g/mol. The molecule has 3 N–H and O–H groups in total. The van der Waals surface area contributed by atoms with Crippen LogP contribution >= 0.6 is 0 Å². The van der Waals surface area contributed by atoms with Crippen molar-refractivity contribution in [2.75, 3.05) is 31.1 Å². The van der Waals surface area contributed by atoms with Gasteiger partial charge in [0.25, 0.3) is 0 Å². The molecule has 2 fully saturated rings. The van der Waals surface area contributed by atoms with E-state index in [4.69, 9.17) is 4.99 Å². The Morgan fingerprint density at radius 2 is 2.19 bits per heavy atom. The van der Waals surface area contributed by atoms with Crippen LogP contribution in [0.3, 0.4) is 0 Å². The van der Waals surface area contributed by atoms with Crippen LogP contribution in [0.5, 0.6) is 0 Å². The molecule has 0 aromatic heterocycles. The van der Waals surface area contributed by atoms with Gasteiger partial charge in [-0.3, -0.25) is 4.99 Å². The topological polar surface area (TPSA) is 59.9 Å². The van der Waals surface area contributed by atoms with Gasteiger partial charge >= 0.3 is 0 Å². The summed E-state index contributed by atoms with van der Waals surface area (Å²) in [6.45, 7) is 5.31. The summed E-state index contributed by atoms with van der Waals surface area (Å²) in [6, 6.07) is 7.09. The molecule has 1 aliphatic heterocycles. The Kier molecular flexibility index (Phi) is 6.72. The van der Waals surface area contributed by atoms with Crippen LogP contribution in [0.4, 0.5) is 10.1 Å². The van der Waals surface area contributed by atoms with Crippen LogP contribution < -0.4 is 15.5 Å². The minimum atomic E-state index is -0.209. The van der Waals surface area contributed by atoms with Gasteiger partial charge in [0.15, 0.2) is 5.96 Å². The number of benzene rings is 1. The first-order chi connectivity index (χ1) is 12.7. The number of guanidine groups is 1. The lowest BCUT2D eigenvalue weighted by molar-refractivity contribution is 0.136. The van der Waals surface area contributed by atoms with Gasteiger partial charge in [-0.15, -0.1) is 0 Å². The van der Waals surface area contributed by atoms with Crippen LogP contribution in [0.15, 0.2) is 29.3 Å². The smallest absolute Gasteiger partial charge is 0.191 e. The molecule has 0 amide bonds. The van der Waals surface area contributed by atoms with Crippen molar-refractivity contribution in [1.29, 1.82) is 0 Å². The number of halogens is 1. The average Bonchev–Trinajstić information content (AvgIpc) is 3.05. The summed E-state index contributed by atoms with van der Waals surface area (Å²) >= 11 is 0. The van der Waals surface area contributed by atoms with Crippen LogP contribution in [-0.4, -0.2) is 49.4 Å². The van der Waals surface area contributed by atoms with E-state index in [1.807, 2.05) is 6.07 Å². The zero-order valence-corrected chi connectivity index (χ0v) is 15.6. The number of hydrogen-bond acceptors (Lipinski definition) is 3. The number of piperidine rings is 1. The fraction of sp³-hybridized carbons (Fsp3) is 0.650. The molecule has 0 radical (unpaired) electrons. The first-order valence-corrected chi connectivity index (χ1v) is 9.89. The first kappa shape index (κ1) is 19.0. The normalized spacial score (nSPS) is 26.8. The molecule has 26 heavy (non-hydrogen) atoms. The zero-order valence-electron chi connectivity index (χ0n) is 15.6. The summed E-state index contributed by atoms with van der Waals surface area (Å²) in [5.41, 5.74) is 0.938. The fourth-order valence-corrected chi connectivity index (χ4v) is 3.95. The third-order valence-corrected chi connectivity index (χ3v) is 5.38. The van der Waals surface area contributed by atoms with E-state index >= 15 is 0 Å². The van der Waals surface area contributed by atoms with Crippen molar-refractivity contribution in [3.05, 3.63) is 30.1 Å². The van der Waals surface area contributed by atoms with E-state index in [0.29, 0.717) is 6.54 Å². The minimum Gasteiger partial charge on any atom is -0.393 e. The molecule has 0 spiro atoms. The Labute approximate surface area is 155 Å². The van der Waals surface area contributed by atoms with E-state index < -0.39 is 0 Å². The molecule has 1 aliphatic carbocycles. The van der Waals surface area contributed by atoms with E-state index in [1.54, 1.807) is 12.1 Å². The highest BCUT2D eigenvalue weighted by atomic mass is 19.1. The van der Waals surface area contributed by atoms with Crippen molar-refractivity contribution < 1.29 is 9.50 Å². The van der Waals surface area contributed by atoms with Crippen molar-refractivity contribution in [1.82, 2.24) is 10.6 Å². The Hall–Kier alpha value is -1.82. The maximum absolute atomic E-state index is 13.5. The summed E-state index contributed by atoms with van der Waals surface area (Å²) in [4.78, 5) is 6.94. The molecule has 1 heterocycles. The maximum Gasteiger partial charge on any atom is 0.191 e. The summed E-state index contributed by atoms with van der Waals surface area (Å²) in [6.07, 6.45) is 4.98. The fourth-order valence-electron chi connectivity index (χ4n) is 3.95. The van der Waals surface area contributed by atoms with Crippen molar-refractivity contribution in [3.8, 4) is 0 Å². The first-order valence-electron chi connectivity index (χ1n) is 9.89. The summed E-state index contributed by atoms with van der Waals surface area (Å²) in [5.74, 6) is 0.904. The lowest BCUT2D eigenvalue weighted by Crippen LogP contribution is -2.51. The van der Waals surface area contributed by atoms with Crippen LogP contribution in [-0.2, 0) is 0 Å². The molecule has 1 saturated heterocycles. The molecule has 0 bridgehead atoms. The average molecular weight is 362 g/mol. The number of anilines is 1. The molecular formula is C20H31FN4O. The van der Waals surface area contributed by atoms with E-state index in [0.717, 1.165) is 63.4 Å². The molecule has 144 valence electrons. The Morgan fingerprint density at radius 1 is 1.31 bits per heavy atom. The largest absolute Gasteiger partial charge is 0.393 e. The van der Waals surface area contributed by atoms with Gasteiger partial charge in [0, 0.05) is 43.8 Å². The molecule has 1 aromatic rings. The third kappa shape index (κ3) is 5.10. The lowest BCUT2D eigenvalue weighted by Gasteiger charge is -2.35. The molecule has 3 unspecified atom stereocenters. The summed E-state index contributed by atoms with van der Waals surface area (Å²) in [7, 11) is 0. The van der Waals surface area contributed by atoms with Crippen molar-refractivity contribution in [2.45, 2.75) is 51.2 Å². The van der Waals surface area contributed by atoms with Gasteiger partial charge in [-0.25, -0.2) is 4.39 Å². The van der Waals surface area contributed by atoms with Gasteiger partial charge in [-0.05, 0) is 50.8 Å². The second-order valence-electron chi connectivity index (χ2n) is 7.39. The number of aliphatic hydroxyl groups excluding tert-OH is 1. The Bertz CT molecular complexity index is 609. The lowest BCUT2D eigenvalue weighted by atomic mass is 10.0. The molecular weight excluding hydrogens is 331 g/mol. The number of nitrogens with one attached hydrogen (secondary N) is 2. The van der Waals surface area contributed by atoms with Gasteiger partial charge in [-0.2, -0.15) is 0 Å². The van der Waals surface area contributed by atoms with Crippen LogP contribution in [0.25, 0.3) is 0 Å². The quantitative estimate of drug-likeness (QED) is 0.556. The van der Waals surface area contributed by atoms with E-state index in [9.17, 15) is 9.50 Å². The molecule has 6 heteroatoms. The van der Waals surface area contributed by atoms with E-state index in [-0.39, 0.29) is 23.9 Å². The number of aliphatic imine (C=N–C) groups is 1. The molecule has 1 aromatic carbocycles. The highest BCUT2D eigenvalue weighted by Gasteiger charge is 2.25. The molecule has 5 nitrogen and oxygen atoms in total. The van der Waals surface area contributed by atoms with Crippen LogP contribution in [0.2, 0.25) is 0 Å². The molecule has 3 rings (SSSR count). The predicted octanol–water partition coefficient (Wildman–Crippen LogP) is 2.51. The van der Waals surface area contributed by atoms with E-state index in [2.05, 4.69) is 22.5 Å². The Morgan fingerprint density at radius 3 is 2.92 bits per heavy atom. The second kappa shape index (κ2) is 9.21. The van der Waals surface area contributed by atoms with Gasteiger partial charge < -0.3 is 20.6 Å². The van der Waals surface area contributed by atoms with Crippen molar-refractivity contribution in [3.63, 3.8) is 0 Å². The second-order valence-corrected chi connectivity index (χ2v) is 7.39. The van der Waals surface area contributed by atoms with Crippen LogP contribution in [0, 0.1) is 11.7 Å². The highest BCUT2D eigenvalue weighted by Crippen LogP contribution is 2.25. The predicted molar refractivity (Wildman–Crippen MR) is 104 cm³/mol. The molecule has 1 saturated carbocycles. The Balaban J connectivity index is 1.59. The summed E-state index contributed by atoms with van der Waals surface area (Å²) in [5, 5.41) is 16.8. The standard InChI is InChI=1S/C20H31FN4O/c1-2-22-20(23-13-15-6-3-10-19(15)26)24-17-8-5-11-25(14-17)18-9-4-7-16(21)12-18/h4,7,9,12,15,17,19,26H,2-3,5-6,8,10-11,13-14H2,1H3,(H2,22,23,24). The molecule has 3 atom stereocenters. The number of nitrogens with zero attached hydrogens (tertiary/aromatic N) is 2. The van der Waals surface area contributed by atoms with Crippen molar-refractivity contribution >= 4 is 11.6 Å². The van der Waals surface area contributed by atoms with Crippen LogP contribution in [0.1, 0.15) is 39.0 Å². The zero-order chi connectivity index (χ0) is 18.4. The van der Waals surface area contributed by atoms with Gasteiger partial charge in [0.1, 0.15) is 5.82 Å². The van der Waals surface area contributed by atoms with Crippen molar-refractivity contribution in [2.24, 2.45) is 10.9 Å². The molecule has 2 aliphatic rings. The number of rotatable bonds is 5. The minimum absolute atomic E-state index is 0.192. The third-order valence-electron chi connectivity index (χ3n) is 5.38. The maximum atomic E-state index is 13.5. The van der Waals surface area contributed by atoms with Gasteiger partial charge in [0.05, 0.1) is 6.10 Å². The van der Waals surface area contributed by atoms with E-state index in [1.165, 1.54) is 6.07 Å². The SMILES string of the molecule is CCNC(=NCC1CCCC1O)NC1CCCN(c2cccc(F)c2)C1. The summed E-state index contributed by atoms with van der Waals surface area (Å²) < 4.78 is 13.5. The highest BCUT2D eigenvalue weighted by molar-refractivity contribution is 5.80. The number of aliphatic hydroxyl groups is 1. The van der Waals surface area contributed by atoms with Gasteiger partial charge in [-0.1, -0.05) is 12.5 Å².